The summed E-state index contributed by atoms with van der Waals surface area (Å²) in [7, 11) is 3.39. The number of aromatic nitrogens is 5. The van der Waals surface area contributed by atoms with E-state index in [-0.39, 0.29) is 0 Å². The van der Waals surface area contributed by atoms with Crippen molar-refractivity contribution in [1.29, 1.82) is 0 Å². The van der Waals surface area contributed by atoms with Crippen molar-refractivity contribution < 1.29 is 9.47 Å². The molecule has 4 heterocycles. The van der Waals surface area contributed by atoms with Crippen molar-refractivity contribution in [2.24, 2.45) is 0 Å². The summed E-state index contributed by atoms with van der Waals surface area (Å²) in [5.41, 5.74) is 3.86. The number of thiazole rings is 1. The van der Waals surface area contributed by atoms with Crippen molar-refractivity contribution in [3.05, 3.63) is 30.4 Å². The van der Waals surface area contributed by atoms with Crippen LogP contribution in [0.4, 0.5) is 10.9 Å². The van der Waals surface area contributed by atoms with E-state index < -0.39 is 0 Å². The second-order valence-electron chi connectivity index (χ2n) is 7.53. The van der Waals surface area contributed by atoms with Crippen LogP contribution in [0.2, 0.25) is 0 Å². The highest BCUT2D eigenvalue weighted by Crippen LogP contribution is 2.37. The number of nitrogens with zero attached hydrogens (tertiary/aromatic N) is 7. The third-order valence-corrected chi connectivity index (χ3v) is 6.93. The average Bonchev–Trinajstić information content (AvgIpc) is 3.43. The third kappa shape index (κ3) is 3.55. The van der Waals surface area contributed by atoms with Crippen molar-refractivity contribution >= 4 is 43.7 Å². The third-order valence-electron chi connectivity index (χ3n) is 5.68. The number of methoxy groups -OCH3 is 2. The summed E-state index contributed by atoms with van der Waals surface area (Å²) in [4.78, 5) is 23.1. The first kappa shape index (κ1) is 20.0. The van der Waals surface area contributed by atoms with Gasteiger partial charge in [-0.25, -0.2) is 19.9 Å². The number of imidazole rings is 1. The molecule has 0 saturated carbocycles. The molecule has 3 aromatic heterocycles. The zero-order chi connectivity index (χ0) is 21.4. The van der Waals surface area contributed by atoms with E-state index in [2.05, 4.69) is 37.7 Å². The van der Waals surface area contributed by atoms with Crippen molar-refractivity contribution in [3.8, 4) is 5.75 Å². The maximum absolute atomic E-state index is 5.51. The van der Waals surface area contributed by atoms with Crippen LogP contribution in [-0.4, -0.2) is 71.5 Å². The summed E-state index contributed by atoms with van der Waals surface area (Å²) in [6, 6.07) is 4.08. The van der Waals surface area contributed by atoms with Gasteiger partial charge in [0, 0.05) is 39.8 Å². The number of fused-ring (bicyclic) bond motifs is 2. The van der Waals surface area contributed by atoms with Crippen molar-refractivity contribution in [1.82, 2.24) is 24.5 Å². The number of ether oxygens (including phenoxy) is 2. The molecule has 1 fully saturated rings. The molecule has 0 radical (unpaired) electrons. The molecule has 1 aliphatic rings. The Morgan fingerprint density at radius 3 is 2.58 bits per heavy atom. The lowest BCUT2D eigenvalue weighted by Gasteiger charge is -2.35. The van der Waals surface area contributed by atoms with Crippen molar-refractivity contribution in [2.75, 3.05) is 56.8 Å². The number of hydrogen-bond donors (Lipinski definition) is 0. The number of benzene rings is 1. The summed E-state index contributed by atoms with van der Waals surface area (Å²) >= 11 is 1.73. The van der Waals surface area contributed by atoms with Gasteiger partial charge in [0.05, 0.1) is 24.7 Å². The lowest BCUT2D eigenvalue weighted by Crippen LogP contribution is -2.46. The van der Waals surface area contributed by atoms with Gasteiger partial charge < -0.3 is 23.8 Å². The minimum Gasteiger partial charge on any atom is -0.494 e. The van der Waals surface area contributed by atoms with E-state index in [0.29, 0.717) is 6.61 Å². The Kier molecular flexibility index (Phi) is 5.33. The Labute approximate surface area is 184 Å². The topological polar surface area (TPSA) is 81.4 Å². The first-order valence-electron chi connectivity index (χ1n) is 10.3. The van der Waals surface area contributed by atoms with Crippen LogP contribution < -0.4 is 14.5 Å². The molecule has 162 valence electrons. The summed E-state index contributed by atoms with van der Waals surface area (Å²) < 4.78 is 13.9. The minimum absolute atomic E-state index is 0.621. The first-order valence-corrected chi connectivity index (χ1v) is 11.1. The van der Waals surface area contributed by atoms with E-state index in [4.69, 9.17) is 14.5 Å². The molecule has 0 bridgehead atoms. The Bertz CT molecular complexity index is 1210. The highest BCUT2D eigenvalue weighted by atomic mass is 32.1. The second-order valence-corrected chi connectivity index (χ2v) is 8.51. The Morgan fingerprint density at radius 2 is 1.81 bits per heavy atom. The number of anilines is 2. The van der Waals surface area contributed by atoms with Crippen LogP contribution in [0.25, 0.3) is 21.4 Å². The molecule has 0 atom stereocenters. The second kappa shape index (κ2) is 8.27. The lowest BCUT2D eigenvalue weighted by molar-refractivity contribution is 0.188. The van der Waals surface area contributed by atoms with Crippen LogP contribution in [-0.2, 0) is 11.3 Å². The highest BCUT2D eigenvalue weighted by Gasteiger charge is 2.24. The molecule has 5 rings (SSSR count). The van der Waals surface area contributed by atoms with E-state index in [1.165, 1.54) is 10.3 Å². The van der Waals surface area contributed by atoms with E-state index in [1.54, 1.807) is 31.9 Å². The predicted molar refractivity (Wildman–Crippen MR) is 123 cm³/mol. The van der Waals surface area contributed by atoms with E-state index in [1.807, 2.05) is 17.0 Å². The van der Waals surface area contributed by atoms with Crippen molar-refractivity contribution in [2.45, 2.75) is 13.5 Å². The zero-order valence-corrected chi connectivity index (χ0v) is 18.7. The molecule has 4 aromatic rings. The van der Waals surface area contributed by atoms with Crippen molar-refractivity contribution in [3.63, 3.8) is 0 Å². The zero-order valence-electron chi connectivity index (χ0n) is 17.9. The van der Waals surface area contributed by atoms with Gasteiger partial charge >= 0.3 is 0 Å². The van der Waals surface area contributed by atoms with Crippen LogP contribution in [0.3, 0.4) is 0 Å². The molecule has 1 saturated heterocycles. The van der Waals surface area contributed by atoms with E-state index in [0.717, 1.165) is 66.1 Å². The quantitative estimate of drug-likeness (QED) is 0.454. The van der Waals surface area contributed by atoms with Gasteiger partial charge in [-0.3, -0.25) is 0 Å². The van der Waals surface area contributed by atoms with Crippen LogP contribution in [0, 0.1) is 6.92 Å². The Balaban J connectivity index is 1.36. The van der Waals surface area contributed by atoms with Gasteiger partial charge in [-0.05, 0) is 18.6 Å². The number of rotatable bonds is 6. The molecule has 31 heavy (non-hydrogen) atoms. The van der Waals surface area contributed by atoms with E-state index in [9.17, 15) is 0 Å². The van der Waals surface area contributed by atoms with Gasteiger partial charge in [0.1, 0.15) is 17.6 Å². The Morgan fingerprint density at radius 1 is 1.00 bits per heavy atom. The van der Waals surface area contributed by atoms with Crippen LogP contribution in [0.1, 0.15) is 5.56 Å². The van der Waals surface area contributed by atoms with Gasteiger partial charge in [0.15, 0.2) is 22.1 Å². The maximum atomic E-state index is 5.51. The molecule has 1 aromatic carbocycles. The van der Waals surface area contributed by atoms with Crippen LogP contribution in [0.5, 0.6) is 5.75 Å². The molecule has 9 nitrogen and oxygen atoms in total. The molecule has 0 aliphatic carbocycles. The molecular formula is C21H25N7O2S. The molecular weight excluding hydrogens is 414 g/mol. The normalized spacial score (nSPS) is 14.7. The average molecular weight is 440 g/mol. The number of hydrogen-bond acceptors (Lipinski definition) is 9. The SMILES string of the molecule is COCCn1cnc2c(N3CCN(c4nc5c(OC)ccc(C)c5s4)CC3)ncnc21. The lowest BCUT2D eigenvalue weighted by atomic mass is 10.2. The van der Waals surface area contributed by atoms with E-state index >= 15 is 0 Å². The summed E-state index contributed by atoms with van der Waals surface area (Å²) in [6.07, 6.45) is 3.44. The summed E-state index contributed by atoms with van der Waals surface area (Å²) in [5, 5.41) is 1.04. The summed E-state index contributed by atoms with van der Waals surface area (Å²) in [5.74, 6) is 1.72. The maximum Gasteiger partial charge on any atom is 0.186 e. The highest BCUT2D eigenvalue weighted by molar-refractivity contribution is 7.22. The molecule has 0 spiro atoms. The Hall–Kier alpha value is -2.98. The molecule has 0 unspecified atom stereocenters. The van der Waals surface area contributed by atoms with Gasteiger partial charge in [-0.15, -0.1) is 0 Å². The fourth-order valence-corrected chi connectivity index (χ4v) is 5.06. The van der Waals surface area contributed by atoms with Gasteiger partial charge in [0.2, 0.25) is 0 Å². The fourth-order valence-electron chi connectivity index (χ4n) is 3.96. The number of piperazine rings is 1. The minimum atomic E-state index is 0.621. The molecule has 1 aliphatic heterocycles. The van der Waals surface area contributed by atoms with Gasteiger partial charge in [-0.2, -0.15) is 0 Å². The summed E-state index contributed by atoms with van der Waals surface area (Å²) in [6.45, 7) is 6.90. The van der Waals surface area contributed by atoms with Crippen LogP contribution >= 0.6 is 11.3 Å². The molecule has 0 amide bonds. The largest absolute Gasteiger partial charge is 0.494 e. The molecule has 0 N–H and O–H groups in total. The fraction of sp³-hybridized carbons (Fsp3) is 0.429. The number of aryl methyl sites for hydroxylation is 1. The van der Waals surface area contributed by atoms with Crippen LogP contribution in [0.15, 0.2) is 24.8 Å². The molecule has 10 heteroatoms. The van der Waals surface area contributed by atoms with Gasteiger partial charge in [0.25, 0.3) is 0 Å². The first-order chi connectivity index (χ1) is 15.2. The standard InChI is InChI=1S/C21H25N7O2S/c1-14-4-5-15(30-3)16-18(14)31-21(25-16)27-8-6-26(7-9-27)19-17-20(23-12-22-19)28(13-24-17)10-11-29-2/h4-5,12-13H,6-11H2,1-3H3. The predicted octanol–water partition coefficient (Wildman–Crippen LogP) is 2.73. The monoisotopic (exact) mass is 439 g/mol. The van der Waals surface area contributed by atoms with Gasteiger partial charge in [-0.1, -0.05) is 17.4 Å². The smallest absolute Gasteiger partial charge is 0.186 e.